The van der Waals surface area contributed by atoms with Crippen LogP contribution in [0, 0.1) is 5.92 Å². The normalized spacial score (nSPS) is 17.7. The topological polar surface area (TPSA) is 84.9 Å². The van der Waals surface area contributed by atoms with Gasteiger partial charge in [-0.25, -0.2) is 8.42 Å². The number of para-hydroxylation sites is 1. The number of hydrogen-bond donors (Lipinski definition) is 1. The van der Waals surface area contributed by atoms with Gasteiger partial charge in [-0.1, -0.05) is 18.2 Å². The molecule has 0 radical (unpaired) electrons. The van der Waals surface area contributed by atoms with E-state index in [0.717, 1.165) is 0 Å². The van der Waals surface area contributed by atoms with Gasteiger partial charge in [0.1, 0.15) is 16.4 Å². The fraction of sp³-hybridized carbons (Fsp3) is 0.350. The Kier molecular flexibility index (Phi) is 6.21. The Morgan fingerprint density at radius 1 is 1.11 bits per heavy atom. The monoisotopic (exact) mass is 404 g/mol. The summed E-state index contributed by atoms with van der Waals surface area (Å²) in [4.78, 5) is 12.7. The number of carbonyl (C=O) groups excluding carboxylic acids is 1. The molecule has 7 nitrogen and oxygen atoms in total. The smallest absolute Gasteiger partial charge is 0.246 e. The Morgan fingerprint density at radius 3 is 2.54 bits per heavy atom. The molecule has 28 heavy (non-hydrogen) atoms. The van der Waals surface area contributed by atoms with E-state index in [9.17, 15) is 13.2 Å². The van der Waals surface area contributed by atoms with Gasteiger partial charge in [0.15, 0.2) is 0 Å². The molecule has 8 heteroatoms. The molecule has 3 rings (SSSR count). The van der Waals surface area contributed by atoms with E-state index in [0.29, 0.717) is 30.8 Å². The van der Waals surface area contributed by atoms with Crippen molar-refractivity contribution in [1.29, 1.82) is 0 Å². The first kappa shape index (κ1) is 20.2. The Bertz CT molecular complexity index is 931. The van der Waals surface area contributed by atoms with Crippen LogP contribution >= 0.6 is 0 Å². The molecular weight excluding hydrogens is 380 g/mol. The molecule has 1 atom stereocenters. The van der Waals surface area contributed by atoms with Gasteiger partial charge in [-0.2, -0.15) is 4.31 Å². The van der Waals surface area contributed by atoms with E-state index in [1.54, 1.807) is 24.3 Å². The number of hydrogen-bond acceptors (Lipinski definition) is 5. The summed E-state index contributed by atoms with van der Waals surface area (Å²) in [7, 11) is -0.929. The first-order chi connectivity index (χ1) is 13.5. The molecule has 1 unspecified atom stereocenters. The van der Waals surface area contributed by atoms with Crippen molar-refractivity contribution in [3.05, 3.63) is 48.5 Å². The first-order valence-corrected chi connectivity index (χ1v) is 10.5. The number of carbonyl (C=O) groups is 1. The highest BCUT2D eigenvalue weighted by Gasteiger charge is 2.35. The van der Waals surface area contributed by atoms with Crippen LogP contribution in [0.5, 0.6) is 11.5 Å². The third kappa shape index (κ3) is 4.28. The van der Waals surface area contributed by atoms with Gasteiger partial charge >= 0.3 is 0 Å². The number of amides is 1. The first-order valence-electron chi connectivity index (χ1n) is 9.04. The van der Waals surface area contributed by atoms with Crippen LogP contribution in [0.15, 0.2) is 53.4 Å². The van der Waals surface area contributed by atoms with Crippen molar-refractivity contribution in [2.45, 2.75) is 17.7 Å². The number of rotatable bonds is 6. The van der Waals surface area contributed by atoms with Gasteiger partial charge in [0, 0.05) is 24.8 Å². The van der Waals surface area contributed by atoms with Crippen LogP contribution in [0.2, 0.25) is 0 Å². The molecule has 2 aromatic carbocycles. The summed E-state index contributed by atoms with van der Waals surface area (Å²) in [6.07, 6.45) is 1.25. The molecule has 1 N–H and O–H groups in total. The highest BCUT2D eigenvalue weighted by atomic mass is 32.2. The minimum Gasteiger partial charge on any atom is -0.497 e. The Labute approximate surface area is 165 Å². The quantitative estimate of drug-likeness (QED) is 0.800. The third-order valence-electron chi connectivity index (χ3n) is 4.78. The van der Waals surface area contributed by atoms with Gasteiger partial charge in [0.2, 0.25) is 15.9 Å². The second kappa shape index (κ2) is 8.62. The van der Waals surface area contributed by atoms with Gasteiger partial charge < -0.3 is 14.8 Å². The summed E-state index contributed by atoms with van der Waals surface area (Å²) in [5, 5.41) is 2.86. The van der Waals surface area contributed by atoms with Crippen molar-refractivity contribution in [2.75, 3.05) is 32.6 Å². The zero-order valence-electron chi connectivity index (χ0n) is 15.9. The Morgan fingerprint density at radius 2 is 1.86 bits per heavy atom. The number of methoxy groups -OCH3 is 2. The molecule has 1 fully saturated rings. The van der Waals surface area contributed by atoms with E-state index in [2.05, 4.69) is 5.32 Å². The number of sulfonamides is 1. The van der Waals surface area contributed by atoms with E-state index in [1.807, 2.05) is 18.2 Å². The molecule has 1 amide bonds. The van der Waals surface area contributed by atoms with Crippen molar-refractivity contribution in [2.24, 2.45) is 5.92 Å². The third-order valence-corrected chi connectivity index (χ3v) is 6.67. The van der Waals surface area contributed by atoms with Gasteiger partial charge in [-0.15, -0.1) is 0 Å². The van der Waals surface area contributed by atoms with Gasteiger partial charge in [0.25, 0.3) is 0 Å². The molecule has 1 saturated heterocycles. The van der Waals surface area contributed by atoms with Crippen LogP contribution in [0.3, 0.4) is 0 Å². The van der Waals surface area contributed by atoms with E-state index in [-0.39, 0.29) is 23.1 Å². The number of ether oxygens (including phenoxy) is 2. The number of nitrogens with one attached hydrogen (secondary N) is 1. The molecule has 1 heterocycles. The fourth-order valence-electron chi connectivity index (χ4n) is 3.27. The standard InChI is InChI=1S/C20H24N2O5S/c1-26-17-10-11-18(27-2)19(13-17)28(24,25)22-12-6-7-15(14-22)20(23)21-16-8-4-3-5-9-16/h3-5,8-11,13,15H,6-7,12,14H2,1-2H3,(H,21,23). The number of anilines is 1. The second-order valence-electron chi connectivity index (χ2n) is 6.57. The maximum Gasteiger partial charge on any atom is 0.246 e. The van der Waals surface area contributed by atoms with E-state index < -0.39 is 15.9 Å². The lowest BCUT2D eigenvalue weighted by Gasteiger charge is -2.31. The molecule has 150 valence electrons. The van der Waals surface area contributed by atoms with Crippen LogP contribution in [-0.2, 0) is 14.8 Å². The zero-order chi connectivity index (χ0) is 20.1. The fourth-order valence-corrected chi connectivity index (χ4v) is 4.96. The van der Waals surface area contributed by atoms with Crippen molar-refractivity contribution in [3.63, 3.8) is 0 Å². The highest BCUT2D eigenvalue weighted by molar-refractivity contribution is 7.89. The van der Waals surface area contributed by atoms with Crippen LogP contribution < -0.4 is 14.8 Å². The average molecular weight is 404 g/mol. The molecule has 0 saturated carbocycles. The summed E-state index contributed by atoms with van der Waals surface area (Å²) < 4.78 is 38.2. The maximum absolute atomic E-state index is 13.2. The van der Waals surface area contributed by atoms with Crippen molar-refractivity contribution in [3.8, 4) is 11.5 Å². The number of nitrogens with zero attached hydrogens (tertiary/aromatic N) is 1. The minimum atomic E-state index is -3.83. The van der Waals surface area contributed by atoms with Crippen LogP contribution in [0.1, 0.15) is 12.8 Å². The van der Waals surface area contributed by atoms with Crippen molar-refractivity contribution in [1.82, 2.24) is 4.31 Å². The lowest BCUT2D eigenvalue weighted by molar-refractivity contribution is -0.120. The van der Waals surface area contributed by atoms with Crippen molar-refractivity contribution < 1.29 is 22.7 Å². The highest BCUT2D eigenvalue weighted by Crippen LogP contribution is 2.32. The van der Waals surface area contributed by atoms with E-state index >= 15 is 0 Å². The summed E-state index contributed by atoms with van der Waals surface area (Å²) in [6, 6.07) is 13.8. The van der Waals surface area contributed by atoms with Gasteiger partial charge in [-0.05, 0) is 37.1 Å². The predicted molar refractivity (Wildman–Crippen MR) is 106 cm³/mol. The minimum absolute atomic E-state index is 0.0402. The number of piperidine rings is 1. The Hall–Kier alpha value is -2.58. The van der Waals surface area contributed by atoms with Crippen LogP contribution in [-0.4, -0.2) is 45.9 Å². The maximum atomic E-state index is 13.2. The summed E-state index contributed by atoms with van der Waals surface area (Å²) in [6.45, 7) is 0.485. The van der Waals surface area contributed by atoms with Gasteiger partial charge in [-0.3, -0.25) is 4.79 Å². The van der Waals surface area contributed by atoms with Crippen molar-refractivity contribution >= 4 is 21.6 Å². The van der Waals surface area contributed by atoms with Gasteiger partial charge in [0.05, 0.1) is 20.1 Å². The molecular formula is C20H24N2O5S. The largest absolute Gasteiger partial charge is 0.497 e. The summed E-state index contributed by atoms with van der Waals surface area (Å²) in [5.74, 6) is 0.0791. The summed E-state index contributed by atoms with van der Waals surface area (Å²) >= 11 is 0. The molecule has 0 bridgehead atoms. The van der Waals surface area contributed by atoms with E-state index in [1.165, 1.54) is 24.6 Å². The summed E-state index contributed by atoms with van der Waals surface area (Å²) in [5.41, 5.74) is 0.696. The second-order valence-corrected chi connectivity index (χ2v) is 8.48. The molecule has 2 aromatic rings. The van der Waals surface area contributed by atoms with E-state index in [4.69, 9.17) is 9.47 Å². The SMILES string of the molecule is COc1ccc(OC)c(S(=O)(=O)N2CCCC(C(=O)Nc3ccccc3)C2)c1. The number of benzene rings is 2. The average Bonchev–Trinajstić information content (AvgIpc) is 2.74. The molecule has 0 aromatic heterocycles. The molecule has 0 aliphatic carbocycles. The van der Waals surface area contributed by atoms with Crippen LogP contribution in [0.4, 0.5) is 5.69 Å². The molecule has 1 aliphatic rings. The zero-order valence-corrected chi connectivity index (χ0v) is 16.7. The Balaban J connectivity index is 1.80. The molecule has 0 spiro atoms. The lowest BCUT2D eigenvalue weighted by Crippen LogP contribution is -2.43. The molecule has 1 aliphatic heterocycles. The van der Waals surface area contributed by atoms with Crippen LogP contribution in [0.25, 0.3) is 0 Å². The lowest BCUT2D eigenvalue weighted by atomic mass is 9.99. The predicted octanol–water partition coefficient (Wildman–Crippen LogP) is 2.74.